The van der Waals surface area contributed by atoms with Gasteiger partial charge in [-0.3, -0.25) is 4.90 Å². The lowest BCUT2D eigenvalue weighted by atomic mass is 10.3. The van der Waals surface area contributed by atoms with Gasteiger partial charge < -0.3 is 4.74 Å². The van der Waals surface area contributed by atoms with Crippen molar-refractivity contribution in [3.05, 3.63) is 17.5 Å². The summed E-state index contributed by atoms with van der Waals surface area (Å²) in [5.41, 5.74) is 1.29. The number of amides is 1. The molecule has 7 nitrogen and oxygen atoms in total. The van der Waals surface area contributed by atoms with Crippen LogP contribution < -0.4 is 0 Å². The smallest absolute Gasteiger partial charge is 0.410 e. The van der Waals surface area contributed by atoms with Crippen molar-refractivity contribution in [2.75, 3.05) is 13.4 Å². The quantitative estimate of drug-likeness (QED) is 0.656. The molecule has 92 valence electrons. The zero-order valence-corrected chi connectivity index (χ0v) is 10.2. The van der Waals surface area contributed by atoms with E-state index in [4.69, 9.17) is 0 Å². The summed E-state index contributed by atoms with van der Waals surface area (Å²) in [6.45, 7) is 0.582. The summed E-state index contributed by atoms with van der Waals surface area (Å²) in [7, 11) is -2.13. The topological polar surface area (TPSA) is 89.5 Å². The standard InChI is InChI=1S/C9H11N3O4S/c1-16-9(13)12-4-6-3-10-8(17(2,14)15)11-7(6)5-12/h3H,4-5H2,1-2H3. The molecule has 0 radical (unpaired) electrons. The van der Waals surface area contributed by atoms with E-state index in [0.717, 1.165) is 11.8 Å². The lowest BCUT2D eigenvalue weighted by molar-refractivity contribution is 0.123. The molecule has 0 atom stereocenters. The molecule has 0 N–H and O–H groups in total. The molecule has 1 aliphatic heterocycles. The van der Waals surface area contributed by atoms with E-state index < -0.39 is 15.9 Å². The summed E-state index contributed by atoms with van der Waals surface area (Å²) in [4.78, 5) is 20.4. The molecule has 0 fully saturated rings. The molecule has 0 saturated carbocycles. The van der Waals surface area contributed by atoms with Gasteiger partial charge in [0.25, 0.3) is 0 Å². The van der Waals surface area contributed by atoms with Crippen molar-refractivity contribution < 1.29 is 17.9 Å². The first kappa shape index (κ1) is 11.8. The maximum atomic E-state index is 11.3. The third-order valence-corrected chi connectivity index (χ3v) is 3.26. The van der Waals surface area contributed by atoms with Crippen molar-refractivity contribution in [3.8, 4) is 0 Å². The van der Waals surface area contributed by atoms with Crippen LogP contribution in [0.25, 0.3) is 0 Å². The number of aromatic nitrogens is 2. The Morgan fingerprint density at radius 1 is 1.47 bits per heavy atom. The summed E-state index contributed by atoms with van der Waals surface area (Å²) in [6.07, 6.45) is 2.01. The van der Waals surface area contributed by atoms with Gasteiger partial charge in [0.15, 0.2) is 0 Å². The number of carbonyl (C=O) groups excluding carboxylic acids is 1. The maximum Gasteiger partial charge on any atom is 0.410 e. The Morgan fingerprint density at radius 3 is 2.76 bits per heavy atom. The third kappa shape index (κ3) is 2.21. The number of hydrogen-bond donors (Lipinski definition) is 0. The van der Waals surface area contributed by atoms with Crippen LogP contribution in [0.1, 0.15) is 11.3 Å². The number of carbonyl (C=O) groups is 1. The van der Waals surface area contributed by atoms with Crippen LogP contribution in [0.3, 0.4) is 0 Å². The van der Waals surface area contributed by atoms with Crippen LogP contribution in [0.2, 0.25) is 0 Å². The highest BCUT2D eigenvalue weighted by Crippen LogP contribution is 2.21. The number of ether oxygens (including phenoxy) is 1. The molecule has 8 heteroatoms. The van der Waals surface area contributed by atoms with Gasteiger partial charge in [-0.15, -0.1) is 0 Å². The molecule has 1 aromatic heterocycles. The number of fused-ring (bicyclic) bond motifs is 1. The van der Waals surface area contributed by atoms with Gasteiger partial charge >= 0.3 is 6.09 Å². The number of nitrogens with zero attached hydrogens (tertiary/aromatic N) is 3. The molecule has 0 unspecified atom stereocenters. The zero-order chi connectivity index (χ0) is 12.6. The zero-order valence-electron chi connectivity index (χ0n) is 9.37. The van der Waals surface area contributed by atoms with Crippen molar-refractivity contribution in [2.45, 2.75) is 18.2 Å². The summed E-state index contributed by atoms with van der Waals surface area (Å²) >= 11 is 0. The number of rotatable bonds is 1. The lowest BCUT2D eigenvalue weighted by Crippen LogP contribution is -2.24. The Morgan fingerprint density at radius 2 is 2.18 bits per heavy atom. The minimum absolute atomic E-state index is 0.219. The largest absolute Gasteiger partial charge is 0.453 e. The number of sulfone groups is 1. The predicted molar refractivity (Wildman–Crippen MR) is 56.8 cm³/mol. The van der Waals surface area contributed by atoms with Crippen LogP contribution in [0.4, 0.5) is 4.79 Å². The van der Waals surface area contributed by atoms with Crippen LogP contribution >= 0.6 is 0 Å². The van der Waals surface area contributed by atoms with Gasteiger partial charge in [-0.1, -0.05) is 0 Å². The maximum absolute atomic E-state index is 11.3. The summed E-state index contributed by atoms with van der Waals surface area (Å²) in [6, 6.07) is 0. The minimum Gasteiger partial charge on any atom is -0.453 e. The summed E-state index contributed by atoms with van der Waals surface area (Å²) in [5.74, 6) is 0. The van der Waals surface area contributed by atoms with E-state index in [9.17, 15) is 13.2 Å². The van der Waals surface area contributed by atoms with Gasteiger partial charge in [0, 0.05) is 18.0 Å². The van der Waals surface area contributed by atoms with Gasteiger partial charge in [0.05, 0.1) is 25.9 Å². The predicted octanol–water partition coefficient (Wildman–Crippen LogP) is -0.0379. The second kappa shape index (κ2) is 3.95. The number of methoxy groups -OCH3 is 1. The minimum atomic E-state index is -3.42. The van der Waals surface area contributed by atoms with E-state index >= 15 is 0 Å². The van der Waals surface area contributed by atoms with E-state index in [2.05, 4.69) is 14.7 Å². The van der Waals surface area contributed by atoms with Crippen molar-refractivity contribution in [2.24, 2.45) is 0 Å². The first-order chi connectivity index (χ1) is 7.91. The number of hydrogen-bond acceptors (Lipinski definition) is 6. The van der Waals surface area contributed by atoms with E-state index in [0.29, 0.717) is 12.2 Å². The molecule has 1 aliphatic rings. The Bertz CT molecular complexity index is 570. The Hall–Kier alpha value is -1.70. The Balaban J connectivity index is 2.31. The molecule has 2 heterocycles. The summed E-state index contributed by atoms with van der Waals surface area (Å²) in [5, 5.41) is -0.219. The highest BCUT2D eigenvalue weighted by molar-refractivity contribution is 7.90. The van der Waals surface area contributed by atoms with Crippen molar-refractivity contribution >= 4 is 15.9 Å². The van der Waals surface area contributed by atoms with Crippen LogP contribution in [-0.2, 0) is 27.7 Å². The Kier molecular flexibility index (Phi) is 2.74. The molecule has 0 spiro atoms. The molecule has 17 heavy (non-hydrogen) atoms. The monoisotopic (exact) mass is 257 g/mol. The average molecular weight is 257 g/mol. The van der Waals surface area contributed by atoms with Crippen LogP contribution in [0.15, 0.2) is 11.4 Å². The molecule has 2 rings (SSSR count). The van der Waals surface area contributed by atoms with E-state index in [1.165, 1.54) is 18.2 Å². The molecule has 0 aliphatic carbocycles. The molecule has 0 bridgehead atoms. The third-order valence-electron chi connectivity index (χ3n) is 2.40. The van der Waals surface area contributed by atoms with Crippen LogP contribution in [0.5, 0.6) is 0 Å². The molecule has 1 aromatic rings. The second-order valence-corrected chi connectivity index (χ2v) is 5.63. The molecule has 1 amide bonds. The van der Waals surface area contributed by atoms with Crippen molar-refractivity contribution in [1.29, 1.82) is 0 Å². The van der Waals surface area contributed by atoms with Crippen LogP contribution in [-0.4, -0.2) is 42.7 Å². The first-order valence-electron chi connectivity index (χ1n) is 4.79. The van der Waals surface area contributed by atoms with Gasteiger partial charge in [-0.2, -0.15) is 0 Å². The van der Waals surface area contributed by atoms with E-state index in [-0.39, 0.29) is 11.7 Å². The van der Waals surface area contributed by atoms with Crippen molar-refractivity contribution in [3.63, 3.8) is 0 Å². The molecular weight excluding hydrogens is 246 g/mol. The SMILES string of the molecule is COC(=O)N1Cc2cnc(S(C)(=O)=O)nc2C1. The molecule has 0 aromatic carbocycles. The van der Waals surface area contributed by atoms with Crippen LogP contribution in [0, 0.1) is 0 Å². The van der Waals surface area contributed by atoms with E-state index in [1.54, 1.807) is 0 Å². The highest BCUT2D eigenvalue weighted by atomic mass is 32.2. The fraction of sp³-hybridized carbons (Fsp3) is 0.444. The molecular formula is C9H11N3O4S. The normalized spacial score (nSPS) is 14.6. The highest BCUT2D eigenvalue weighted by Gasteiger charge is 2.27. The molecule has 0 saturated heterocycles. The lowest BCUT2D eigenvalue weighted by Gasteiger charge is -2.11. The second-order valence-electron chi connectivity index (χ2n) is 3.72. The van der Waals surface area contributed by atoms with Crippen molar-refractivity contribution in [1.82, 2.24) is 14.9 Å². The van der Waals surface area contributed by atoms with Gasteiger partial charge in [0.2, 0.25) is 15.0 Å². The van der Waals surface area contributed by atoms with Gasteiger partial charge in [-0.25, -0.2) is 23.2 Å². The average Bonchev–Trinajstić information content (AvgIpc) is 2.69. The fourth-order valence-electron chi connectivity index (χ4n) is 1.57. The van der Waals surface area contributed by atoms with Gasteiger partial charge in [-0.05, 0) is 0 Å². The summed E-state index contributed by atoms with van der Waals surface area (Å²) < 4.78 is 27.1. The Labute approximate surface area is 98.3 Å². The fourth-order valence-corrected chi connectivity index (χ4v) is 2.09. The first-order valence-corrected chi connectivity index (χ1v) is 6.68. The van der Waals surface area contributed by atoms with E-state index in [1.807, 2.05) is 0 Å². The van der Waals surface area contributed by atoms with Gasteiger partial charge in [0.1, 0.15) is 0 Å².